The second-order valence-electron chi connectivity index (χ2n) is 8.47. The maximum absolute atomic E-state index is 13.1. The van der Waals surface area contributed by atoms with Crippen molar-refractivity contribution >= 4 is 22.6 Å². The van der Waals surface area contributed by atoms with Gasteiger partial charge in [0.05, 0.1) is 11.6 Å². The molecule has 1 fully saturated rings. The van der Waals surface area contributed by atoms with Crippen molar-refractivity contribution in [1.82, 2.24) is 20.5 Å². The molecule has 0 bridgehead atoms. The molecule has 2 aromatic heterocycles. The van der Waals surface area contributed by atoms with Gasteiger partial charge in [0, 0.05) is 42.3 Å². The van der Waals surface area contributed by atoms with E-state index in [-0.39, 0.29) is 17.6 Å². The summed E-state index contributed by atoms with van der Waals surface area (Å²) >= 11 is 0. The van der Waals surface area contributed by atoms with Crippen LogP contribution in [0.4, 0.5) is 10.2 Å². The van der Waals surface area contributed by atoms with Crippen LogP contribution in [0.2, 0.25) is 0 Å². The van der Waals surface area contributed by atoms with Gasteiger partial charge >= 0.3 is 0 Å². The number of rotatable bonds is 6. The molecule has 1 aliphatic rings. The summed E-state index contributed by atoms with van der Waals surface area (Å²) in [5.74, 6) is 0.510. The van der Waals surface area contributed by atoms with E-state index in [0.29, 0.717) is 18.8 Å². The fourth-order valence-corrected chi connectivity index (χ4v) is 4.47. The van der Waals surface area contributed by atoms with Crippen molar-refractivity contribution < 1.29 is 9.18 Å². The fourth-order valence-electron chi connectivity index (χ4n) is 4.47. The van der Waals surface area contributed by atoms with Crippen LogP contribution in [0.1, 0.15) is 18.4 Å². The molecule has 1 amide bonds. The minimum atomic E-state index is -0.276. The van der Waals surface area contributed by atoms with Gasteiger partial charge in [-0.2, -0.15) is 0 Å². The number of amides is 1. The quantitative estimate of drug-likeness (QED) is 0.465. The maximum atomic E-state index is 13.1. The largest absolute Gasteiger partial charge is 0.361 e. The summed E-state index contributed by atoms with van der Waals surface area (Å²) < 4.78 is 13.1. The first-order valence-electron chi connectivity index (χ1n) is 11.3. The summed E-state index contributed by atoms with van der Waals surface area (Å²) in [6.07, 6.45) is 4.62. The zero-order valence-corrected chi connectivity index (χ0v) is 18.3. The Morgan fingerprint density at radius 3 is 2.76 bits per heavy atom. The molecule has 2 aromatic carbocycles. The first-order valence-corrected chi connectivity index (χ1v) is 11.3. The number of fused-ring (bicyclic) bond motifs is 1. The number of piperidine rings is 1. The van der Waals surface area contributed by atoms with Crippen LogP contribution in [0.5, 0.6) is 0 Å². The number of nitrogens with one attached hydrogen (secondary N) is 2. The Labute approximate surface area is 191 Å². The van der Waals surface area contributed by atoms with Gasteiger partial charge in [0.1, 0.15) is 5.82 Å². The molecule has 0 saturated carbocycles. The van der Waals surface area contributed by atoms with Crippen LogP contribution >= 0.6 is 0 Å². The molecule has 3 heterocycles. The van der Waals surface area contributed by atoms with Crippen molar-refractivity contribution in [2.24, 2.45) is 5.92 Å². The second kappa shape index (κ2) is 9.40. The van der Waals surface area contributed by atoms with Gasteiger partial charge in [-0.15, -0.1) is 10.2 Å². The Hall–Kier alpha value is -3.74. The molecule has 2 N–H and O–H groups in total. The SMILES string of the molecule is O=C(NCCc1c[nH]c2ccccc12)[C@H]1CCCN(c2ccc(-c3ccc(F)cc3)nn2)C1. The lowest BCUT2D eigenvalue weighted by atomic mass is 9.97. The van der Waals surface area contributed by atoms with Crippen LogP contribution in [-0.2, 0) is 11.2 Å². The molecule has 5 rings (SSSR count). The van der Waals surface area contributed by atoms with Gasteiger partial charge in [0.2, 0.25) is 5.91 Å². The molecule has 7 heteroatoms. The van der Waals surface area contributed by atoms with Crippen molar-refractivity contribution in [3.8, 4) is 11.3 Å². The molecule has 0 unspecified atom stereocenters. The summed E-state index contributed by atoms with van der Waals surface area (Å²) in [5.41, 5.74) is 3.85. The number of carbonyl (C=O) groups is 1. The number of aromatic amines is 1. The van der Waals surface area contributed by atoms with E-state index in [1.54, 1.807) is 12.1 Å². The fraction of sp³-hybridized carbons (Fsp3) is 0.269. The predicted octanol–water partition coefficient (Wildman–Crippen LogP) is 4.34. The minimum Gasteiger partial charge on any atom is -0.361 e. The number of aromatic nitrogens is 3. The van der Waals surface area contributed by atoms with Crippen LogP contribution in [-0.4, -0.2) is 40.7 Å². The highest BCUT2D eigenvalue weighted by molar-refractivity contribution is 5.83. The van der Waals surface area contributed by atoms with Gasteiger partial charge in [-0.1, -0.05) is 18.2 Å². The van der Waals surface area contributed by atoms with Crippen molar-refractivity contribution in [2.75, 3.05) is 24.5 Å². The molecule has 4 aromatic rings. The van der Waals surface area contributed by atoms with Crippen LogP contribution in [0.3, 0.4) is 0 Å². The van der Waals surface area contributed by atoms with Crippen molar-refractivity contribution in [2.45, 2.75) is 19.3 Å². The number of hydrogen-bond acceptors (Lipinski definition) is 4. The lowest BCUT2D eigenvalue weighted by molar-refractivity contribution is -0.125. The Bertz CT molecular complexity index is 1240. The number of H-pyrrole nitrogens is 1. The Morgan fingerprint density at radius 1 is 1.09 bits per heavy atom. The lowest BCUT2D eigenvalue weighted by Gasteiger charge is -2.32. The number of para-hydroxylation sites is 1. The molecule has 0 spiro atoms. The standard InChI is InChI=1S/C26H26FN5O/c27-21-9-7-18(8-10-21)23-11-12-25(31-30-23)32-15-3-4-20(17-32)26(33)28-14-13-19-16-29-24-6-2-1-5-22(19)24/h1-2,5-12,16,20,29H,3-4,13-15,17H2,(H,28,33)/t20-/m0/s1. The van der Waals surface area contributed by atoms with Crippen LogP contribution in [0.25, 0.3) is 22.2 Å². The van der Waals surface area contributed by atoms with E-state index in [1.807, 2.05) is 30.5 Å². The molecule has 0 radical (unpaired) electrons. The third-order valence-electron chi connectivity index (χ3n) is 6.28. The zero-order valence-electron chi connectivity index (χ0n) is 18.3. The van der Waals surface area contributed by atoms with Crippen LogP contribution < -0.4 is 10.2 Å². The topological polar surface area (TPSA) is 73.9 Å². The Morgan fingerprint density at radius 2 is 1.94 bits per heavy atom. The van der Waals surface area contributed by atoms with Gasteiger partial charge in [0.15, 0.2) is 5.82 Å². The molecular formula is C26H26FN5O. The zero-order chi connectivity index (χ0) is 22.6. The molecule has 0 aliphatic carbocycles. The molecule has 33 heavy (non-hydrogen) atoms. The monoisotopic (exact) mass is 443 g/mol. The molecule has 1 saturated heterocycles. The number of hydrogen-bond donors (Lipinski definition) is 2. The first kappa shape index (κ1) is 21.1. The first-order chi connectivity index (χ1) is 16.2. The summed E-state index contributed by atoms with van der Waals surface area (Å²) in [4.78, 5) is 18.2. The van der Waals surface area contributed by atoms with E-state index in [0.717, 1.165) is 42.7 Å². The third-order valence-corrected chi connectivity index (χ3v) is 6.28. The number of anilines is 1. The van der Waals surface area contributed by atoms with Crippen LogP contribution in [0, 0.1) is 11.7 Å². The van der Waals surface area contributed by atoms with E-state index in [2.05, 4.69) is 37.5 Å². The summed E-state index contributed by atoms with van der Waals surface area (Å²) in [7, 11) is 0. The molecule has 6 nitrogen and oxygen atoms in total. The second-order valence-corrected chi connectivity index (χ2v) is 8.47. The average Bonchev–Trinajstić information content (AvgIpc) is 3.28. The van der Waals surface area contributed by atoms with E-state index in [9.17, 15) is 9.18 Å². The third kappa shape index (κ3) is 4.72. The summed E-state index contributed by atoms with van der Waals surface area (Å²) in [6, 6.07) is 18.2. The van der Waals surface area contributed by atoms with Crippen molar-refractivity contribution in [1.29, 1.82) is 0 Å². The highest BCUT2D eigenvalue weighted by Crippen LogP contribution is 2.24. The number of benzene rings is 2. The van der Waals surface area contributed by atoms with Crippen LogP contribution in [0.15, 0.2) is 66.9 Å². The highest BCUT2D eigenvalue weighted by Gasteiger charge is 2.26. The van der Waals surface area contributed by atoms with Crippen molar-refractivity contribution in [3.63, 3.8) is 0 Å². The van der Waals surface area contributed by atoms with E-state index >= 15 is 0 Å². The van der Waals surface area contributed by atoms with Gasteiger partial charge in [0.25, 0.3) is 0 Å². The van der Waals surface area contributed by atoms with Gasteiger partial charge in [-0.3, -0.25) is 4.79 Å². The smallest absolute Gasteiger partial charge is 0.224 e. The Balaban J connectivity index is 1.17. The van der Waals surface area contributed by atoms with Gasteiger partial charge in [-0.25, -0.2) is 4.39 Å². The minimum absolute atomic E-state index is 0.0692. The molecular weight excluding hydrogens is 417 g/mol. The lowest BCUT2D eigenvalue weighted by Crippen LogP contribution is -2.43. The van der Waals surface area contributed by atoms with Gasteiger partial charge in [-0.05, 0) is 67.3 Å². The van der Waals surface area contributed by atoms with Gasteiger partial charge < -0.3 is 15.2 Å². The molecule has 1 atom stereocenters. The normalized spacial score (nSPS) is 16.2. The highest BCUT2D eigenvalue weighted by atomic mass is 19.1. The Kier molecular flexibility index (Phi) is 6.02. The number of carbonyl (C=O) groups excluding carboxylic acids is 1. The molecule has 168 valence electrons. The van der Waals surface area contributed by atoms with Crippen molar-refractivity contribution in [3.05, 3.63) is 78.2 Å². The number of halogens is 1. The molecule has 1 aliphatic heterocycles. The summed E-state index contributed by atoms with van der Waals surface area (Å²) in [5, 5.41) is 13.0. The average molecular weight is 444 g/mol. The predicted molar refractivity (Wildman–Crippen MR) is 127 cm³/mol. The number of nitrogens with zero attached hydrogens (tertiary/aromatic N) is 3. The van der Waals surface area contributed by atoms with E-state index in [1.165, 1.54) is 23.1 Å². The maximum Gasteiger partial charge on any atom is 0.224 e. The summed E-state index contributed by atoms with van der Waals surface area (Å²) in [6.45, 7) is 2.09. The van der Waals surface area contributed by atoms with E-state index < -0.39 is 0 Å². The van der Waals surface area contributed by atoms with E-state index in [4.69, 9.17) is 0 Å².